The molecule has 1 aromatic carbocycles. The van der Waals surface area contributed by atoms with Crippen LogP contribution in [0.4, 0.5) is 4.39 Å². The third kappa shape index (κ3) is 5.31. The third-order valence-electron chi connectivity index (χ3n) is 3.39. The molecule has 0 aliphatic carbocycles. The number of nitrogens with one attached hydrogen (secondary N) is 3. The molecule has 1 fully saturated rings. The average molecular weight is 325 g/mol. The Hall–Kier alpha value is -1.60. The summed E-state index contributed by atoms with van der Waals surface area (Å²) in [5, 5.41) is 8.86. The molecular formula is C15H20FN3O2S. The Morgan fingerprint density at radius 1 is 1.41 bits per heavy atom. The van der Waals surface area contributed by atoms with Gasteiger partial charge in [0.05, 0.1) is 5.75 Å². The zero-order chi connectivity index (χ0) is 15.9. The molecule has 1 heterocycles. The van der Waals surface area contributed by atoms with E-state index in [0.717, 1.165) is 12.0 Å². The highest BCUT2D eigenvalue weighted by molar-refractivity contribution is 8.00. The fraction of sp³-hybridized carbons (Fsp3) is 0.467. The second-order valence-corrected chi connectivity index (χ2v) is 6.23. The van der Waals surface area contributed by atoms with E-state index < -0.39 is 0 Å². The van der Waals surface area contributed by atoms with Gasteiger partial charge in [-0.15, -0.1) is 11.8 Å². The van der Waals surface area contributed by atoms with Crippen molar-refractivity contribution >= 4 is 23.6 Å². The Morgan fingerprint density at radius 2 is 2.14 bits per heavy atom. The largest absolute Gasteiger partial charge is 0.351 e. The van der Waals surface area contributed by atoms with Crippen molar-refractivity contribution in [3.63, 3.8) is 0 Å². The van der Waals surface area contributed by atoms with Crippen molar-refractivity contribution in [3.8, 4) is 0 Å². The minimum absolute atomic E-state index is 0.00909. The summed E-state index contributed by atoms with van der Waals surface area (Å²) in [6.07, 6.45) is 1.35. The molecule has 2 atom stereocenters. The predicted octanol–water partition coefficient (Wildman–Crippen LogP) is 1.35. The number of benzene rings is 1. The van der Waals surface area contributed by atoms with E-state index in [-0.39, 0.29) is 34.9 Å². The summed E-state index contributed by atoms with van der Waals surface area (Å²) in [5.41, 5.74) is 0.609. The smallest absolute Gasteiger partial charge is 0.230 e. The number of carbonyl (C=O) groups is 2. The van der Waals surface area contributed by atoms with Gasteiger partial charge in [0, 0.05) is 19.0 Å². The molecule has 5 nitrogen and oxygen atoms in total. The molecule has 0 spiro atoms. The second kappa shape index (κ2) is 8.14. The van der Waals surface area contributed by atoms with E-state index in [1.807, 2.05) is 6.92 Å². The first-order valence-electron chi connectivity index (χ1n) is 7.25. The van der Waals surface area contributed by atoms with Crippen molar-refractivity contribution in [2.24, 2.45) is 0 Å². The van der Waals surface area contributed by atoms with E-state index in [0.29, 0.717) is 13.0 Å². The fourth-order valence-electron chi connectivity index (χ4n) is 2.11. The zero-order valence-corrected chi connectivity index (χ0v) is 13.2. The summed E-state index contributed by atoms with van der Waals surface area (Å²) >= 11 is 1.35. The average Bonchev–Trinajstić information content (AvgIpc) is 2.52. The van der Waals surface area contributed by atoms with Crippen LogP contribution in [0.25, 0.3) is 0 Å². The molecule has 3 N–H and O–H groups in total. The molecule has 1 aliphatic heterocycles. The Morgan fingerprint density at radius 3 is 2.82 bits per heavy atom. The van der Waals surface area contributed by atoms with E-state index >= 15 is 0 Å². The number of thioether (sulfide) groups is 1. The highest BCUT2D eigenvalue weighted by atomic mass is 32.2. The van der Waals surface area contributed by atoms with Crippen LogP contribution in [0.3, 0.4) is 0 Å². The molecule has 1 aliphatic rings. The molecule has 2 unspecified atom stereocenters. The van der Waals surface area contributed by atoms with Gasteiger partial charge in [0.1, 0.15) is 11.3 Å². The Balaban J connectivity index is 1.71. The highest BCUT2D eigenvalue weighted by Gasteiger charge is 2.25. The summed E-state index contributed by atoms with van der Waals surface area (Å²) in [6.45, 7) is 2.38. The minimum Gasteiger partial charge on any atom is -0.351 e. The first-order chi connectivity index (χ1) is 10.6. The molecule has 0 radical (unpaired) electrons. The summed E-state index contributed by atoms with van der Waals surface area (Å²) in [6, 6.07) is 6.16. The van der Waals surface area contributed by atoms with Crippen LogP contribution in [0.2, 0.25) is 0 Å². The maximum atomic E-state index is 12.8. The topological polar surface area (TPSA) is 70.2 Å². The lowest BCUT2D eigenvalue weighted by Crippen LogP contribution is -2.54. The molecule has 0 bridgehead atoms. The molecule has 0 saturated carbocycles. The summed E-state index contributed by atoms with van der Waals surface area (Å²) in [4.78, 5) is 23.3. The normalized spacial score (nSPS) is 21.3. The standard InChI is InChI=1S/C15H20FN3O2S/c1-2-12-7-13(20)19-15(18-12)22-9-14(21)17-8-10-3-5-11(16)6-4-10/h3-6,12,15,18H,2,7-9H2,1H3,(H,17,21)(H,19,20). The molecule has 22 heavy (non-hydrogen) atoms. The van der Waals surface area contributed by atoms with Gasteiger partial charge in [0.15, 0.2) is 0 Å². The molecule has 1 saturated heterocycles. The van der Waals surface area contributed by atoms with Crippen LogP contribution >= 0.6 is 11.8 Å². The molecule has 7 heteroatoms. The van der Waals surface area contributed by atoms with Crippen LogP contribution in [-0.2, 0) is 16.1 Å². The maximum absolute atomic E-state index is 12.8. The van der Waals surface area contributed by atoms with Crippen LogP contribution in [0.1, 0.15) is 25.3 Å². The maximum Gasteiger partial charge on any atom is 0.230 e. The lowest BCUT2D eigenvalue weighted by molar-refractivity contribution is -0.123. The summed E-state index contributed by atoms with van der Waals surface area (Å²) in [7, 11) is 0. The van der Waals surface area contributed by atoms with E-state index in [9.17, 15) is 14.0 Å². The monoisotopic (exact) mass is 325 g/mol. The van der Waals surface area contributed by atoms with Gasteiger partial charge < -0.3 is 10.6 Å². The van der Waals surface area contributed by atoms with Crippen molar-refractivity contribution in [2.75, 3.05) is 5.75 Å². The fourth-order valence-corrected chi connectivity index (χ4v) is 3.03. The Bertz CT molecular complexity index is 524. The lowest BCUT2D eigenvalue weighted by atomic mass is 10.1. The van der Waals surface area contributed by atoms with Crippen LogP contribution in [0.15, 0.2) is 24.3 Å². The molecular weight excluding hydrogens is 305 g/mol. The van der Waals surface area contributed by atoms with Gasteiger partial charge in [0.25, 0.3) is 0 Å². The van der Waals surface area contributed by atoms with Gasteiger partial charge in [0.2, 0.25) is 11.8 Å². The van der Waals surface area contributed by atoms with E-state index in [4.69, 9.17) is 0 Å². The minimum atomic E-state index is -0.296. The number of halogens is 1. The summed E-state index contributed by atoms with van der Waals surface area (Å²) in [5.74, 6) is -0.163. The van der Waals surface area contributed by atoms with E-state index in [2.05, 4.69) is 16.0 Å². The number of carbonyl (C=O) groups excluding carboxylic acids is 2. The molecule has 2 amide bonds. The highest BCUT2D eigenvalue weighted by Crippen LogP contribution is 2.13. The Kier molecular flexibility index (Phi) is 6.21. The molecule has 2 rings (SSSR count). The van der Waals surface area contributed by atoms with Gasteiger partial charge in [-0.05, 0) is 24.1 Å². The Labute approximate surface area is 133 Å². The molecule has 120 valence electrons. The first-order valence-corrected chi connectivity index (χ1v) is 8.30. The van der Waals surface area contributed by atoms with Gasteiger partial charge in [-0.2, -0.15) is 0 Å². The van der Waals surface area contributed by atoms with Crippen molar-refractivity contribution < 1.29 is 14.0 Å². The van der Waals surface area contributed by atoms with E-state index in [1.54, 1.807) is 12.1 Å². The van der Waals surface area contributed by atoms with Gasteiger partial charge >= 0.3 is 0 Å². The quantitative estimate of drug-likeness (QED) is 0.738. The van der Waals surface area contributed by atoms with Crippen LogP contribution in [-0.4, -0.2) is 29.1 Å². The number of hydrogen-bond donors (Lipinski definition) is 3. The molecule has 0 aromatic heterocycles. The van der Waals surface area contributed by atoms with Gasteiger partial charge in [-0.3, -0.25) is 14.9 Å². The predicted molar refractivity (Wildman–Crippen MR) is 84.5 cm³/mol. The van der Waals surface area contributed by atoms with Crippen molar-refractivity contribution in [1.29, 1.82) is 0 Å². The van der Waals surface area contributed by atoms with Gasteiger partial charge in [-0.1, -0.05) is 19.1 Å². The SMILES string of the molecule is CCC1CC(=O)NC(SCC(=O)NCc2ccc(F)cc2)N1. The van der Waals surface area contributed by atoms with Crippen LogP contribution < -0.4 is 16.0 Å². The number of hydrogen-bond acceptors (Lipinski definition) is 4. The number of rotatable bonds is 6. The van der Waals surface area contributed by atoms with Crippen molar-refractivity contribution in [2.45, 2.75) is 37.8 Å². The number of amides is 2. The molecule has 1 aromatic rings. The lowest BCUT2D eigenvalue weighted by Gasteiger charge is -2.30. The zero-order valence-electron chi connectivity index (χ0n) is 12.4. The van der Waals surface area contributed by atoms with Crippen molar-refractivity contribution in [1.82, 2.24) is 16.0 Å². The van der Waals surface area contributed by atoms with Crippen LogP contribution in [0.5, 0.6) is 0 Å². The van der Waals surface area contributed by atoms with E-state index in [1.165, 1.54) is 23.9 Å². The van der Waals surface area contributed by atoms with Gasteiger partial charge in [-0.25, -0.2) is 4.39 Å². The van der Waals surface area contributed by atoms with Crippen molar-refractivity contribution in [3.05, 3.63) is 35.6 Å². The second-order valence-electron chi connectivity index (χ2n) is 5.14. The van der Waals surface area contributed by atoms with Crippen LogP contribution in [0, 0.1) is 5.82 Å². The third-order valence-corrected chi connectivity index (χ3v) is 4.40. The first kappa shape index (κ1) is 16.8. The summed E-state index contributed by atoms with van der Waals surface area (Å²) < 4.78 is 12.8.